The summed E-state index contributed by atoms with van der Waals surface area (Å²) < 4.78 is 16.8. The van der Waals surface area contributed by atoms with E-state index in [0.29, 0.717) is 37.8 Å². The van der Waals surface area contributed by atoms with Crippen molar-refractivity contribution in [1.82, 2.24) is 20.2 Å². The fourth-order valence-corrected chi connectivity index (χ4v) is 3.21. The van der Waals surface area contributed by atoms with Crippen LogP contribution in [0.3, 0.4) is 0 Å². The number of aliphatic hydroxyl groups excluding tert-OH is 1. The number of methoxy groups -OCH3 is 1. The number of β-amino-alcohol motifs (C(OH)–C–C–N with tert-alkyl or cyclic N) is 1. The molecule has 1 unspecified atom stereocenters. The van der Waals surface area contributed by atoms with E-state index >= 15 is 0 Å². The lowest BCUT2D eigenvalue weighted by Gasteiger charge is -2.28. The number of morpholine rings is 1. The van der Waals surface area contributed by atoms with Gasteiger partial charge in [0.05, 0.1) is 26.7 Å². The van der Waals surface area contributed by atoms with Crippen molar-refractivity contribution in [2.75, 3.05) is 53.1 Å². The largest absolute Gasteiger partial charge is 0.493 e. The highest BCUT2D eigenvalue weighted by atomic mass is 16.5. The van der Waals surface area contributed by atoms with E-state index in [9.17, 15) is 5.11 Å². The van der Waals surface area contributed by atoms with Crippen molar-refractivity contribution < 1.29 is 19.3 Å². The molecule has 0 radical (unpaired) electrons. The molecule has 0 spiro atoms. The average molecular weight is 390 g/mol. The standard InChI is InChI=1S/C20H30N4O4/c1-26-19-4-2-3-16(11-21-6-5-17-12-22-15-23-17)20(19)28-14-18(25)13-24-7-9-27-10-8-24/h2-4,12,15,18,21,25H,5-11,13-14H2,1H3,(H,22,23). The predicted octanol–water partition coefficient (Wildman–Crippen LogP) is 0.823. The normalized spacial score (nSPS) is 16.1. The van der Waals surface area contributed by atoms with Crippen LogP contribution in [0.4, 0.5) is 0 Å². The maximum atomic E-state index is 10.4. The number of benzene rings is 1. The Morgan fingerprint density at radius 2 is 2.21 bits per heavy atom. The predicted molar refractivity (Wildman–Crippen MR) is 106 cm³/mol. The van der Waals surface area contributed by atoms with Gasteiger partial charge in [-0.25, -0.2) is 4.98 Å². The summed E-state index contributed by atoms with van der Waals surface area (Å²) in [6.45, 7) is 5.39. The first-order chi connectivity index (χ1) is 13.8. The van der Waals surface area contributed by atoms with Gasteiger partial charge in [-0.2, -0.15) is 0 Å². The van der Waals surface area contributed by atoms with E-state index in [2.05, 4.69) is 20.2 Å². The van der Waals surface area contributed by atoms with Crippen molar-refractivity contribution in [2.45, 2.75) is 19.1 Å². The number of aromatic amines is 1. The molecule has 1 atom stereocenters. The van der Waals surface area contributed by atoms with Gasteiger partial charge >= 0.3 is 0 Å². The van der Waals surface area contributed by atoms with Crippen LogP contribution in [0.25, 0.3) is 0 Å². The molecule has 8 nitrogen and oxygen atoms in total. The lowest BCUT2D eigenvalue weighted by molar-refractivity contribution is 0.00436. The molecule has 8 heteroatoms. The lowest BCUT2D eigenvalue weighted by atomic mass is 10.1. The van der Waals surface area contributed by atoms with Crippen LogP contribution >= 0.6 is 0 Å². The summed E-state index contributed by atoms with van der Waals surface area (Å²) in [6.07, 6.45) is 3.82. The van der Waals surface area contributed by atoms with E-state index in [1.807, 2.05) is 24.4 Å². The molecule has 0 amide bonds. The third-order valence-corrected chi connectivity index (χ3v) is 4.71. The van der Waals surface area contributed by atoms with E-state index in [1.54, 1.807) is 13.4 Å². The lowest BCUT2D eigenvalue weighted by Crippen LogP contribution is -2.42. The maximum absolute atomic E-state index is 10.4. The molecule has 2 heterocycles. The first-order valence-electron chi connectivity index (χ1n) is 9.71. The molecule has 0 saturated carbocycles. The van der Waals surface area contributed by atoms with Gasteiger partial charge in [0.15, 0.2) is 11.5 Å². The number of para-hydroxylation sites is 1. The van der Waals surface area contributed by atoms with Gasteiger partial charge in [-0.15, -0.1) is 0 Å². The highest BCUT2D eigenvalue weighted by Gasteiger charge is 2.17. The second-order valence-electron chi connectivity index (χ2n) is 6.83. The van der Waals surface area contributed by atoms with Crippen LogP contribution in [0.5, 0.6) is 11.5 Å². The van der Waals surface area contributed by atoms with Crippen molar-refractivity contribution in [3.05, 3.63) is 42.0 Å². The van der Waals surface area contributed by atoms with Gasteiger partial charge < -0.3 is 29.6 Å². The van der Waals surface area contributed by atoms with Crippen LogP contribution in [-0.4, -0.2) is 79.2 Å². The fraction of sp³-hybridized carbons (Fsp3) is 0.550. The monoisotopic (exact) mass is 390 g/mol. The zero-order chi connectivity index (χ0) is 19.6. The SMILES string of the molecule is COc1cccc(CNCCc2cnc[nH]2)c1OCC(O)CN1CCOCC1. The van der Waals surface area contributed by atoms with Crippen LogP contribution in [0.2, 0.25) is 0 Å². The molecule has 1 fully saturated rings. The first-order valence-corrected chi connectivity index (χ1v) is 9.71. The summed E-state index contributed by atoms with van der Waals surface area (Å²) in [4.78, 5) is 9.31. The van der Waals surface area contributed by atoms with Crippen LogP contribution in [0, 0.1) is 0 Å². The van der Waals surface area contributed by atoms with Crippen molar-refractivity contribution in [1.29, 1.82) is 0 Å². The van der Waals surface area contributed by atoms with Crippen LogP contribution in [0.1, 0.15) is 11.3 Å². The van der Waals surface area contributed by atoms with Gasteiger partial charge in [-0.3, -0.25) is 4.90 Å². The Bertz CT molecular complexity index is 690. The number of aliphatic hydroxyl groups is 1. The Morgan fingerprint density at radius 1 is 1.36 bits per heavy atom. The molecule has 0 aliphatic carbocycles. The molecule has 3 N–H and O–H groups in total. The van der Waals surface area contributed by atoms with Crippen molar-refractivity contribution >= 4 is 0 Å². The average Bonchev–Trinajstić information content (AvgIpc) is 3.24. The second kappa shape index (κ2) is 11.0. The number of ether oxygens (including phenoxy) is 3. The highest BCUT2D eigenvalue weighted by molar-refractivity contribution is 5.46. The number of nitrogens with zero attached hydrogens (tertiary/aromatic N) is 2. The summed E-state index contributed by atoms with van der Waals surface area (Å²) >= 11 is 0. The minimum atomic E-state index is -0.566. The number of imidazole rings is 1. The Morgan fingerprint density at radius 3 is 2.96 bits per heavy atom. The van der Waals surface area contributed by atoms with E-state index in [4.69, 9.17) is 14.2 Å². The van der Waals surface area contributed by atoms with Crippen molar-refractivity contribution in [2.24, 2.45) is 0 Å². The van der Waals surface area contributed by atoms with Crippen LogP contribution < -0.4 is 14.8 Å². The quantitative estimate of drug-likeness (QED) is 0.489. The smallest absolute Gasteiger partial charge is 0.165 e. The molecule has 2 aromatic rings. The highest BCUT2D eigenvalue weighted by Crippen LogP contribution is 2.31. The zero-order valence-electron chi connectivity index (χ0n) is 16.4. The fourth-order valence-electron chi connectivity index (χ4n) is 3.21. The Kier molecular flexibility index (Phi) is 8.10. The topological polar surface area (TPSA) is 91.9 Å². The second-order valence-corrected chi connectivity index (χ2v) is 6.83. The Balaban J connectivity index is 1.51. The summed E-state index contributed by atoms with van der Waals surface area (Å²) in [5, 5.41) is 13.8. The molecular formula is C20H30N4O4. The number of nitrogens with one attached hydrogen (secondary N) is 2. The van der Waals surface area contributed by atoms with E-state index < -0.39 is 6.10 Å². The third kappa shape index (κ3) is 6.20. The van der Waals surface area contributed by atoms with Crippen molar-refractivity contribution in [3.63, 3.8) is 0 Å². The molecule has 1 aliphatic rings. The Hall–Kier alpha value is -2.13. The molecule has 154 valence electrons. The summed E-state index contributed by atoms with van der Waals surface area (Å²) in [7, 11) is 1.63. The molecule has 1 aromatic carbocycles. The molecule has 28 heavy (non-hydrogen) atoms. The maximum Gasteiger partial charge on any atom is 0.165 e. The molecular weight excluding hydrogens is 360 g/mol. The summed E-state index contributed by atoms with van der Waals surface area (Å²) in [5.74, 6) is 1.35. The first kappa shape index (κ1) is 20.6. The number of H-pyrrole nitrogens is 1. The Labute approximate surface area is 165 Å². The van der Waals surface area contributed by atoms with Gasteiger partial charge in [0, 0.05) is 56.6 Å². The molecule has 1 aromatic heterocycles. The van der Waals surface area contributed by atoms with E-state index in [1.165, 1.54) is 0 Å². The van der Waals surface area contributed by atoms with E-state index in [-0.39, 0.29) is 6.61 Å². The summed E-state index contributed by atoms with van der Waals surface area (Å²) in [5.41, 5.74) is 2.10. The van der Waals surface area contributed by atoms with Gasteiger partial charge in [-0.1, -0.05) is 12.1 Å². The number of aromatic nitrogens is 2. The minimum Gasteiger partial charge on any atom is -0.493 e. The number of hydrogen-bond donors (Lipinski definition) is 3. The molecule has 1 aliphatic heterocycles. The number of hydrogen-bond acceptors (Lipinski definition) is 7. The van der Waals surface area contributed by atoms with E-state index in [0.717, 1.165) is 37.3 Å². The molecule has 3 rings (SSSR count). The summed E-state index contributed by atoms with van der Waals surface area (Å²) in [6, 6.07) is 5.83. The van der Waals surface area contributed by atoms with Crippen molar-refractivity contribution in [3.8, 4) is 11.5 Å². The molecule has 1 saturated heterocycles. The van der Waals surface area contributed by atoms with Gasteiger partial charge in [-0.05, 0) is 6.07 Å². The van der Waals surface area contributed by atoms with Gasteiger partial charge in [0.1, 0.15) is 12.7 Å². The third-order valence-electron chi connectivity index (χ3n) is 4.71. The molecule has 0 bridgehead atoms. The number of rotatable bonds is 11. The van der Waals surface area contributed by atoms with Crippen LogP contribution in [-0.2, 0) is 17.7 Å². The van der Waals surface area contributed by atoms with Crippen LogP contribution in [0.15, 0.2) is 30.7 Å². The zero-order valence-corrected chi connectivity index (χ0v) is 16.4. The minimum absolute atomic E-state index is 0.221. The van der Waals surface area contributed by atoms with Gasteiger partial charge in [0.2, 0.25) is 0 Å². The van der Waals surface area contributed by atoms with Gasteiger partial charge in [0.25, 0.3) is 0 Å².